The lowest BCUT2D eigenvalue weighted by Gasteiger charge is -2.51. The fourth-order valence-corrected chi connectivity index (χ4v) is 10.6. The molecule has 13 N–H and O–H groups in total. The minimum Gasteiger partial charge on any atom is -0.508 e. The van der Waals surface area contributed by atoms with Crippen LogP contribution in [-0.2, 0) is 95.0 Å². The Morgan fingerprint density at radius 2 is 0.895 bits per heavy atom. The smallest absolute Gasteiger partial charge is 0.338 e. The first kappa shape index (κ1) is 73.6. The molecular formula is C61H74O34. The molecule has 0 amide bonds. The highest BCUT2D eigenvalue weighted by molar-refractivity contribution is 5.90. The van der Waals surface area contributed by atoms with Gasteiger partial charge in [-0.15, -0.1) is 0 Å². The molecule has 5 heterocycles. The van der Waals surface area contributed by atoms with E-state index in [1.165, 1.54) is 84.9 Å². The van der Waals surface area contributed by atoms with E-state index in [4.69, 9.17) is 71.1 Å². The molecule has 0 bridgehead atoms. The monoisotopic (exact) mass is 1350 g/mol. The quantitative estimate of drug-likeness (QED) is 0.0216. The number of ether oxygens (including phenoxy) is 15. The highest BCUT2D eigenvalue weighted by atomic mass is 16.8. The molecule has 8 rings (SSSR count). The predicted molar refractivity (Wildman–Crippen MR) is 307 cm³/mol. The summed E-state index contributed by atoms with van der Waals surface area (Å²) >= 11 is 0. The normalized spacial score (nSPS) is 35.7. The average Bonchev–Trinajstić information content (AvgIpc) is 1.59. The number of esters is 6. The van der Waals surface area contributed by atoms with Gasteiger partial charge in [-0.2, -0.15) is 0 Å². The van der Waals surface area contributed by atoms with Gasteiger partial charge in [0.1, 0.15) is 129 Å². The summed E-state index contributed by atoms with van der Waals surface area (Å²) in [5.41, 5.74) is 0.483. The van der Waals surface area contributed by atoms with Crippen molar-refractivity contribution in [2.45, 2.75) is 168 Å². The van der Waals surface area contributed by atoms with E-state index < -0.39 is 222 Å². The average molecular weight is 1350 g/mol. The Morgan fingerprint density at radius 3 is 1.39 bits per heavy atom. The van der Waals surface area contributed by atoms with E-state index in [1.807, 2.05) is 0 Å². The van der Waals surface area contributed by atoms with Crippen LogP contribution in [0, 0.1) is 0 Å². The van der Waals surface area contributed by atoms with Crippen molar-refractivity contribution < 1.29 is 166 Å². The third kappa shape index (κ3) is 18.3. The number of phenolic OH excluding ortho intramolecular Hbond substituents is 2. The third-order valence-corrected chi connectivity index (χ3v) is 15.5. The number of carbonyl (C=O) groups excluding carboxylic acids is 6. The number of rotatable bonds is 25. The number of benzene rings is 3. The van der Waals surface area contributed by atoms with Crippen molar-refractivity contribution in [3.63, 3.8) is 0 Å². The van der Waals surface area contributed by atoms with Gasteiger partial charge in [0.2, 0.25) is 5.79 Å². The minimum atomic E-state index is -3.02. The molecule has 0 aromatic heterocycles. The SMILES string of the molecule is CC(=O)OC[C@@H]1O[C@H](O[C@@H]2[C@H](O[C@@H]3O[C@@H](CO)[C@@H](O)[C@H](O)[C@H]3O)[C@@H](O[C@]3(COC(=O)/C=C/c4ccc(O)cc4)O[C@@H](CO)[C@@H](O)[C@H]3OC(=O)c3ccccc3)O[C@@H](COC(C)=O)[C@H]2OC(=O)/C=C/c2ccc(O)cc2)[C@H](O)[C@H](O[C@@H]2O[C@H](CO)[C@H](O)[C@@H](O)[C@@H]2O)[C@H]1OC(C)=O. The summed E-state index contributed by atoms with van der Waals surface area (Å²) in [6.07, 6.45) is -45.8. The molecule has 5 fully saturated rings. The molecule has 34 nitrogen and oxygen atoms in total. The lowest BCUT2D eigenvalue weighted by Crippen LogP contribution is -2.70. The Kier molecular flexibility index (Phi) is 25.7. The Labute approximate surface area is 539 Å². The Morgan fingerprint density at radius 1 is 0.442 bits per heavy atom. The van der Waals surface area contributed by atoms with E-state index in [0.717, 1.165) is 32.9 Å². The molecule has 5 aliphatic heterocycles. The van der Waals surface area contributed by atoms with Gasteiger partial charge in [-0.3, -0.25) is 14.4 Å². The molecule has 0 radical (unpaired) electrons. The van der Waals surface area contributed by atoms with Crippen molar-refractivity contribution in [1.82, 2.24) is 0 Å². The van der Waals surface area contributed by atoms with E-state index in [1.54, 1.807) is 6.07 Å². The second kappa shape index (κ2) is 33.1. The van der Waals surface area contributed by atoms with Crippen LogP contribution in [0.5, 0.6) is 11.5 Å². The number of hydrogen-bond donors (Lipinski definition) is 13. The molecule has 0 unspecified atom stereocenters. The van der Waals surface area contributed by atoms with Crippen molar-refractivity contribution in [1.29, 1.82) is 0 Å². The Hall–Kier alpha value is -7.24. The van der Waals surface area contributed by atoms with Crippen molar-refractivity contribution >= 4 is 48.0 Å². The summed E-state index contributed by atoms with van der Waals surface area (Å²) in [6, 6.07) is 17.8. The van der Waals surface area contributed by atoms with Gasteiger partial charge in [-0.25, -0.2) is 14.4 Å². The largest absolute Gasteiger partial charge is 0.508 e. The van der Waals surface area contributed by atoms with Gasteiger partial charge in [0, 0.05) is 32.9 Å². The standard InChI is InChI=1S/C61H74O34/c1-27(65)81-24-38-50(84-29(3)67)52(90-57-47(77)45(75)42(72)35(21-62)85-57)49(79)59(87-38)91-53-51(89-41(71)20-14-31-11-17-34(69)18-12-31)39(25-82-28(2)66)88-60(54(53)92-58-48(78)46(76)43(73)36(22-63)86-58)95-61(26-83-40(70)19-13-30-9-15-33(68)16-10-30)55(44(74)37(23-64)94-61)93-56(80)32-7-5-4-6-8-32/h4-20,35-39,42-55,57-60,62-64,68-69,72-79H,21-26H2,1-3H3/b19-13+,20-14+/t35-,36+,37+,38+,39+,42+,43-,44-,45-,46+,47+,48-,49-,50+,51-,52+,53+,54+,55-,57+,58+,59-,60-,61+/m1/s1. The lowest BCUT2D eigenvalue weighted by atomic mass is 9.95. The van der Waals surface area contributed by atoms with Crippen LogP contribution in [0.3, 0.4) is 0 Å². The van der Waals surface area contributed by atoms with Gasteiger partial charge in [-0.1, -0.05) is 42.5 Å². The molecule has 0 saturated carbocycles. The zero-order valence-electron chi connectivity index (χ0n) is 50.7. The topological polar surface area (TPSA) is 504 Å². The first-order chi connectivity index (χ1) is 45.2. The molecule has 34 heteroatoms. The maximum absolute atomic E-state index is 14.4. The van der Waals surface area contributed by atoms with E-state index in [0.29, 0.717) is 5.56 Å². The van der Waals surface area contributed by atoms with Gasteiger partial charge in [0.15, 0.2) is 43.5 Å². The van der Waals surface area contributed by atoms with Crippen LogP contribution in [0.1, 0.15) is 42.3 Å². The number of hydrogen-bond acceptors (Lipinski definition) is 34. The van der Waals surface area contributed by atoms with E-state index in [-0.39, 0.29) is 22.6 Å². The lowest BCUT2D eigenvalue weighted by molar-refractivity contribution is -0.423. The summed E-state index contributed by atoms with van der Waals surface area (Å²) in [5, 5.41) is 142. The summed E-state index contributed by atoms with van der Waals surface area (Å²) < 4.78 is 90.1. The second-order valence-electron chi connectivity index (χ2n) is 22.3. The van der Waals surface area contributed by atoms with Crippen molar-refractivity contribution in [3.05, 3.63) is 108 Å². The fourth-order valence-electron chi connectivity index (χ4n) is 10.6. The molecule has 24 atom stereocenters. The number of carbonyl (C=O) groups is 6. The van der Waals surface area contributed by atoms with Crippen LogP contribution in [0.15, 0.2) is 91.0 Å². The van der Waals surface area contributed by atoms with Crippen LogP contribution < -0.4 is 0 Å². The van der Waals surface area contributed by atoms with Crippen LogP contribution in [0.2, 0.25) is 0 Å². The van der Waals surface area contributed by atoms with Crippen molar-refractivity contribution in [3.8, 4) is 11.5 Å². The molecule has 522 valence electrons. The van der Waals surface area contributed by atoms with Crippen LogP contribution >= 0.6 is 0 Å². The molecule has 0 spiro atoms. The summed E-state index contributed by atoms with van der Waals surface area (Å²) in [6.45, 7) is -3.65. The number of aliphatic hydroxyl groups is 11. The Balaban J connectivity index is 1.32. The zero-order valence-corrected chi connectivity index (χ0v) is 50.7. The molecule has 95 heavy (non-hydrogen) atoms. The van der Waals surface area contributed by atoms with Gasteiger partial charge >= 0.3 is 35.8 Å². The third-order valence-electron chi connectivity index (χ3n) is 15.5. The van der Waals surface area contributed by atoms with Crippen molar-refractivity contribution in [2.75, 3.05) is 39.6 Å². The summed E-state index contributed by atoms with van der Waals surface area (Å²) in [5.74, 6) is -10.2. The van der Waals surface area contributed by atoms with Gasteiger partial charge < -0.3 is 137 Å². The van der Waals surface area contributed by atoms with E-state index >= 15 is 0 Å². The van der Waals surface area contributed by atoms with Crippen LogP contribution in [0.4, 0.5) is 0 Å². The number of phenols is 2. The highest BCUT2D eigenvalue weighted by Crippen LogP contribution is 2.43. The van der Waals surface area contributed by atoms with Crippen LogP contribution in [0.25, 0.3) is 12.2 Å². The van der Waals surface area contributed by atoms with Gasteiger partial charge in [0.05, 0.1) is 25.4 Å². The maximum Gasteiger partial charge on any atom is 0.338 e. The fraction of sp³-hybridized carbons (Fsp3) is 0.541. The molecule has 3 aromatic rings. The van der Waals surface area contributed by atoms with E-state index in [2.05, 4.69) is 0 Å². The number of aromatic hydroxyl groups is 2. The first-order valence-electron chi connectivity index (χ1n) is 29.5. The summed E-state index contributed by atoms with van der Waals surface area (Å²) in [4.78, 5) is 80.7. The second-order valence-corrected chi connectivity index (χ2v) is 22.3. The maximum atomic E-state index is 14.4. The van der Waals surface area contributed by atoms with E-state index in [9.17, 15) is 95.2 Å². The Bertz CT molecular complexity index is 3090. The highest BCUT2D eigenvalue weighted by Gasteiger charge is 2.65. The molecule has 3 aromatic carbocycles. The molecule has 5 saturated heterocycles. The molecule has 0 aliphatic carbocycles. The minimum absolute atomic E-state index is 0.118. The number of aliphatic hydroxyl groups excluding tert-OH is 11. The predicted octanol–water partition coefficient (Wildman–Crippen LogP) is -4.41. The van der Waals surface area contributed by atoms with Gasteiger partial charge in [-0.05, 0) is 59.7 Å². The van der Waals surface area contributed by atoms with Crippen molar-refractivity contribution in [2.24, 2.45) is 0 Å². The van der Waals surface area contributed by atoms with Gasteiger partial charge in [0.25, 0.3) is 0 Å². The first-order valence-corrected chi connectivity index (χ1v) is 29.5. The molecular weight excluding hydrogens is 1280 g/mol. The zero-order chi connectivity index (χ0) is 69.0. The molecule has 5 aliphatic rings. The van der Waals surface area contributed by atoms with Crippen LogP contribution in [-0.4, -0.2) is 289 Å². The summed E-state index contributed by atoms with van der Waals surface area (Å²) in [7, 11) is 0.